The van der Waals surface area contributed by atoms with Crippen molar-refractivity contribution in [3.63, 3.8) is 0 Å². The SMILES string of the molecule is Cc1cc(C#N)nc(NCc2cccc(F)c2)n1. The zero-order valence-corrected chi connectivity index (χ0v) is 9.81. The molecule has 0 aliphatic carbocycles. The molecule has 0 radical (unpaired) electrons. The Balaban J connectivity index is 2.11. The summed E-state index contributed by atoms with van der Waals surface area (Å²) in [5.74, 6) is 0.0907. The van der Waals surface area contributed by atoms with Crippen molar-refractivity contribution in [2.75, 3.05) is 5.32 Å². The van der Waals surface area contributed by atoms with Crippen LogP contribution in [0.1, 0.15) is 17.0 Å². The second-order valence-electron chi connectivity index (χ2n) is 3.81. The Bertz CT molecular complexity index is 604. The van der Waals surface area contributed by atoms with E-state index in [1.807, 2.05) is 6.07 Å². The average Bonchev–Trinajstić information content (AvgIpc) is 2.36. The fraction of sp³-hybridized carbons (Fsp3) is 0.154. The molecule has 0 saturated heterocycles. The van der Waals surface area contributed by atoms with E-state index in [1.54, 1.807) is 25.1 Å². The molecule has 2 rings (SSSR count). The maximum atomic E-state index is 13.0. The smallest absolute Gasteiger partial charge is 0.224 e. The molecule has 0 bridgehead atoms. The Hall–Kier alpha value is -2.48. The number of benzene rings is 1. The van der Waals surface area contributed by atoms with Crippen LogP contribution in [0.4, 0.5) is 10.3 Å². The van der Waals surface area contributed by atoms with Gasteiger partial charge in [0.2, 0.25) is 5.95 Å². The van der Waals surface area contributed by atoms with Gasteiger partial charge in [-0.15, -0.1) is 0 Å². The van der Waals surface area contributed by atoms with E-state index >= 15 is 0 Å². The molecule has 1 heterocycles. The van der Waals surface area contributed by atoms with Gasteiger partial charge in [-0.25, -0.2) is 14.4 Å². The van der Waals surface area contributed by atoms with Gasteiger partial charge in [0.05, 0.1) is 0 Å². The van der Waals surface area contributed by atoms with Crippen LogP contribution in [0, 0.1) is 24.1 Å². The van der Waals surface area contributed by atoms with Gasteiger partial charge in [-0.05, 0) is 30.7 Å². The summed E-state index contributed by atoms with van der Waals surface area (Å²) in [4.78, 5) is 8.16. The summed E-state index contributed by atoms with van der Waals surface area (Å²) in [7, 11) is 0. The highest BCUT2D eigenvalue weighted by molar-refractivity contribution is 5.34. The molecule has 1 aromatic carbocycles. The summed E-state index contributed by atoms with van der Waals surface area (Å²) < 4.78 is 13.0. The van der Waals surface area contributed by atoms with Gasteiger partial charge in [0.25, 0.3) is 0 Å². The van der Waals surface area contributed by atoms with Crippen LogP contribution >= 0.6 is 0 Å². The largest absolute Gasteiger partial charge is 0.350 e. The predicted octanol–water partition coefficient (Wildman–Crippen LogP) is 2.41. The van der Waals surface area contributed by atoms with E-state index in [4.69, 9.17) is 5.26 Å². The summed E-state index contributed by atoms with van der Waals surface area (Å²) in [6.07, 6.45) is 0. The number of anilines is 1. The van der Waals surface area contributed by atoms with E-state index in [0.29, 0.717) is 23.9 Å². The average molecular weight is 242 g/mol. The summed E-state index contributed by atoms with van der Waals surface area (Å²) in [5, 5.41) is 11.8. The maximum absolute atomic E-state index is 13.0. The first kappa shape index (κ1) is 12.0. The van der Waals surface area contributed by atoms with Gasteiger partial charge < -0.3 is 5.32 Å². The van der Waals surface area contributed by atoms with E-state index in [9.17, 15) is 4.39 Å². The molecule has 0 saturated carbocycles. The molecule has 5 heteroatoms. The number of hydrogen-bond acceptors (Lipinski definition) is 4. The minimum Gasteiger partial charge on any atom is -0.350 e. The van der Waals surface area contributed by atoms with Gasteiger partial charge in [-0.1, -0.05) is 12.1 Å². The van der Waals surface area contributed by atoms with Crippen LogP contribution in [0.2, 0.25) is 0 Å². The van der Waals surface area contributed by atoms with Gasteiger partial charge in [0.1, 0.15) is 17.6 Å². The molecule has 0 aliphatic heterocycles. The molecule has 1 N–H and O–H groups in total. The Kier molecular flexibility index (Phi) is 3.49. The normalized spacial score (nSPS) is 9.83. The first-order chi connectivity index (χ1) is 8.67. The summed E-state index contributed by atoms with van der Waals surface area (Å²) in [5.41, 5.74) is 1.81. The molecule has 90 valence electrons. The number of rotatable bonds is 3. The number of halogens is 1. The number of nitrogens with one attached hydrogen (secondary N) is 1. The van der Waals surface area contributed by atoms with Crippen LogP contribution in [-0.2, 0) is 6.54 Å². The van der Waals surface area contributed by atoms with Crippen molar-refractivity contribution in [1.29, 1.82) is 5.26 Å². The first-order valence-corrected chi connectivity index (χ1v) is 5.41. The molecule has 0 atom stereocenters. The van der Waals surface area contributed by atoms with Crippen molar-refractivity contribution >= 4 is 5.95 Å². The Morgan fingerprint density at radius 1 is 1.33 bits per heavy atom. The van der Waals surface area contributed by atoms with Crippen molar-refractivity contribution < 1.29 is 4.39 Å². The Morgan fingerprint density at radius 2 is 2.17 bits per heavy atom. The van der Waals surface area contributed by atoms with Gasteiger partial charge in [0.15, 0.2) is 0 Å². The monoisotopic (exact) mass is 242 g/mol. The molecule has 2 aromatic rings. The van der Waals surface area contributed by atoms with Crippen molar-refractivity contribution in [3.8, 4) is 6.07 Å². The van der Waals surface area contributed by atoms with Crippen LogP contribution in [-0.4, -0.2) is 9.97 Å². The third-order valence-corrected chi connectivity index (χ3v) is 2.31. The van der Waals surface area contributed by atoms with E-state index in [-0.39, 0.29) is 5.82 Å². The topological polar surface area (TPSA) is 61.6 Å². The van der Waals surface area contributed by atoms with E-state index < -0.39 is 0 Å². The quantitative estimate of drug-likeness (QED) is 0.897. The molecule has 0 unspecified atom stereocenters. The molecular formula is C13H11FN4. The Labute approximate surface area is 104 Å². The number of nitriles is 1. The third kappa shape index (κ3) is 3.01. The lowest BCUT2D eigenvalue weighted by Gasteiger charge is -2.06. The van der Waals surface area contributed by atoms with Crippen LogP contribution in [0.25, 0.3) is 0 Å². The van der Waals surface area contributed by atoms with Crippen molar-refractivity contribution in [3.05, 3.63) is 53.1 Å². The minimum atomic E-state index is -0.280. The van der Waals surface area contributed by atoms with Crippen LogP contribution < -0.4 is 5.32 Å². The first-order valence-electron chi connectivity index (χ1n) is 5.41. The van der Waals surface area contributed by atoms with Gasteiger partial charge in [-0.2, -0.15) is 5.26 Å². The van der Waals surface area contributed by atoms with Gasteiger partial charge in [0, 0.05) is 12.2 Å². The second kappa shape index (κ2) is 5.23. The molecule has 0 fully saturated rings. The lowest BCUT2D eigenvalue weighted by atomic mass is 10.2. The molecule has 4 nitrogen and oxygen atoms in total. The van der Waals surface area contributed by atoms with Crippen molar-refractivity contribution in [1.82, 2.24) is 9.97 Å². The molecule has 1 aromatic heterocycles. The lowest BCUT2D eigenvalue weighted by molar-refractivity contribution is 0.626. The van der Waals surface area contributed by atoms with Crippen molar-refractivity contribution in [2.24, 2.45) is 0 Å². The molecule has 0 amide bonds. The zero-order chi connectivity index (χ0) is 13.0. The Morgan fingerprint density at radius 3 is 2.89 bits per heavy atom. The number of aryl methyl sites for hydroxylation is 1. The highest BCUT2D eigenvalue weighted by atomic mass is 19.1. The number of aromatic nitrogens is 2. The number of nitrogens with zero attached hydrogens (tertiary/aromatic N) is 3. The summed E-state index contributed by atoms with van der Waals surface area (Å²) in [6, 6.07) is 9.84. The van der Waals surface area contributed by atoms with Gasteiger partial charge >= 0.3 is 0 Å². The summed E-state index contributed by atoms with van der Waals surface area (Å²) in [6.45, 7) is 2.20. The fourth-order valence-corrected chi connectivity index (χ4v) is 1.53. The van der Waals surface area contributed by atoms with E-state index in [2.05, 4.69) is 15.3 Å². The molecule has 18 heavy (non-hydrogen) atoms. The highest BCUT2D eigenvalue weighted by Gasteiger charge is 2.02. The highest BCUT2D eigenvalue weighted by Crippen LogP contribution is 2.08. The summed E-state index contributed by atoms with van der Waals surface area (Å²) >= 11 is 0. The fourth-order valence-electron chi connectivity index (χ4n) is 1.53. The van der Waals surface area contributed by atoms with E-state index in [1.165, 1.54) is 12.1 Å². The number of hydrogen-bond donors (Lipinski definition) is 1. The van der Waals surface area contributed by atoms with Crippen molar-refractivity contribution in [2.45, 2.75) is 13.5 Å². The van der Waals surface area contributed by atoms with Gasteiger partial charge in [-0.3, -0.25) is 0 Å². The molecular weight excluding hydrogens is 231 g/mol. The van der Waals surface area contributed by atoms with Crippen LogP contribution in [0.15, 0.2) is 30.3 Å². The molecule has 0 spiro atoms. The second-order valence-corrected chi connectivity index (χ2v) is 3.81. The third-order valence-electron chi connectivity index (χ3n) is 2.31. The maximum Gasteiger partial charge on any atom is 0.224 e. The van der Waals surface area contributed by atoms with Crippen LogP contribution in [0.3, 0.4) is 0 Å². The standard InChI is InChI=1S/C13H11FN4/c1-9-5-12(7-15)18-13(17-9)16-8-10-3-2-4-11(14)6-10/h2-6H,8H2,1H3,(H,16,17,18). The minimum absolute atomic E-state index is 0.280. The van der Waals surface area contributed by atoms with E-state index in [0.717, 1.165) is 5.56 Å². The molecule has 0 aliphatic rings. The zero-order valence-electron chi connectivity index (χ0n) is 9.81. The van der Waals surface area contributed by atoms with Crippen LogP contribution in [0.5, 0.6) is 0 Å². The lowest BCUT2D eigenvalue weighted by Crippen LogP contribution is -2.05. The predicted molar refractivity (Wildman–Crippen MR) is 65.2 cm³/mol.